The average molecular weight is 453 g/mol. The van der Waals surface area contributed by atoms with Crippen LogP contribution in [0.4, 0.5) is 11.4 Å². The van der Waals surface area contributed by atoms with Gasteiger partial charge in [-0.15, -0.1) is 0 Å². The van der Waals surface area contributed by atoms with Gasteiger partial charge in [-0.1, -0.05) is 18.2 Å². The van der Waals surface area contributed by atoms with Crippen LogP contribution >= 0.6 is 0 Å². The second kappa shape index (κ2) is 8.32. The molecule has 0 saturated carbocycles. The summed E-state index contributed by atoms with van der Waals surface area (Å²) in [5.41, 5.74) is 4.62. The van der Waals surface area contributed by atoms with Crippen molar-refractivity contribution >= 4 is 28.7 Å². The summed E-state index contributed by atoms with van der Waals surface area (Å²) in [5, 5.41) is 21.6. The smallest absolute Gasteiger partial charge is 0.273 e. The van der Waals surface area contributed by atoms with Crippen LogP contribution in [0.15, 0.2) is 80.6 Å². The highest BCUT2D eigenvalue weighted by molar-refractivity contribution is 5.82. The van der Waals surface area contributed by atoms with Crippen molar-refractivity contribution in [3.05, 3.63) is 93.7 Å². The van der Waals surface area contributed by atoms with E-state index >= 15 is 0 Å². The topological polar surface area (TPSA) is 115 Å². The number of aromatic hydroxyl groups is 1. The second-order valence-corrected chi connectivity index (χ2v) is 7.91. The van der Waals surface area contributed by atoms with Gasteiger partial charge in [-0.05, 0) is 61.9 Å². The van der Waals surface area contributed by atoms with Crippen molar-refractivity contribution in [2.45, 2.75) is 13.8 Å². The van der Waals surface area contributed by atoms with Crippen molar-refractivity contribution in [3.63, 3.8) is 0 Å². The summed E-state index contributed by atoms with van der Waals surface area (Å²) < 4.78 is 11.6. The molecule has 0 unspecified atom stereocenters. The van der Waals surface area contributed by atoms with E-state index in [1.165, 1.54) is 18.3 Å². The van der Waals surface area contributed by atoms with Crippen LogP contribution in [-0.4, -0.2) is 21.2 Å². The number of oxazole rings is 1. The van der Waals surface area contributed by atoms with E-state index in [0.717, 1.165) is 5.56 Å². The van der Waals surface area contributed by atoms with Crippen LogP contribution in [0, 0.1) is 24.0 Å². The van der Waals surface area contributed by atoms with Gasteiger partial charge >= 0.3 is 0 Å². The number of furan rings is 1. The summed E-state index contributed by atoms with van der Waals surface area (Å²) in [6, 6.07) is 19.0. The summed E-state index contributed by atoms with van der Waals surface area (Å²) in [6.45, 7) is 3.66. The zero-order valence-electron chi connectivity index (χ0n) is 18.4. The van der Waals surface area contributed by atoms with Gasteiger partial charge in [0.25, 0.3) is 5.69 Å². The van der Waals surface area contributed by atoms with Crippen LogP contribution in [0.1, 0.15) is 16.9 Å². The van der Waals surface area contributed by atoms with E-state index in [1.54, 1.807) is 43.3 Å². The normalized spacial score (nSPS) is 11.5. The highest BCUT2D eigenvalue weighted by atomic mass is 16.6. The molecule has 0 fully saturated rings. The molecule has 0 radical (unpaired) electrons. The number of nitro groups is 1. The highest BCUT2D eigenvalue weighted by Crippen LogP contribution is 2.34. The fourth-order valence-corrected chi connectivity index (χ4v) is 3.60. The third-order valence-corrected chi connectivity index (χ3v) is 5.41. The zero-order valence-corrected chi connectivity index (χ0v) is 18.4. The van der Waals surface area contributed by atoms with Gasteiger partial charge in [-0.25, -0.2) is 4.98 Å². The van der Waals surface area contributed by atoms with E-state index in [4.69, 9.17) is 8.83 Å². The molecule has 3 aromatic carbocycles. The Morgan fingerprint density at radius 1 is 1.00 bits per heavy atom. The van der Waals surface area contributed by atoms with E-state index < -0.39 is 4.92 Å². The van der Waals surface area contributed by atoms with Gasteiger partial charge in [0.1, 0.15) is 22.8 Å². The third kappa shape index (κ3) is 4.04. The number of hydrogen-bond donors (Lipinski definition) is 1. The number of aromatic nitrogens is 1. The highest BCUT2D eigenvalue weighted by Gasteiger charge is 2.15. The Morgan fingerprint density at radius 3 is 2.68 bits per heavy atom. The Labute approximate surface area is 194 Å². The van der Waals surface area contributed by atoms with Crippen molar-refractivity contribution in [3.8, 4) is 28.5 Å². The van der Waals surface area contributed by atoms with Gasteiger partial charge in [-0.2, -0.15) is 0 Å². The van der Waals surface area contributed by atoms with Gasteiger partial charge in [0, 0.05) is 17.2 Å². The number of nitro benzene ring substituents is 1. The number of rotatable bonds is 5. The number of phenols is 1. The molecule has 8 nitrogen and oxygen atoms in total. The summed E-state index contributed by atoms with van der Waals surface area (Å²) in [7, 11) is 0. The van der Waals surface area contributed by atoms with Crippen LogP contribution in [0.25, 0.3) is 33.9 Å². The minimum Gasteiger partial charge on any atom is -0.507 e. The fourth-order valence-electron chi connectivity index (χ4n) is 3.60. The predicted octanol–water partition coefficient (Wildman–Crippen LogP) is 6.74. The number of phenolic OH excluding ortho intramolecular Hbond substituents is 1. The average Bonchev–Trinajstić information content (AvgIpc) is 3.45. The first kappa shape index (κ1) is 21.1. The largest absolute Gasteiger partial charge is 0.507 e. The first-order valence-electron chi connectivity index (χ1n) is 10.5. The Bertz CT molecular complexity index is 1580. The molecule has 1 N–H and O–H groups in total. The van der Waals surface area contributed by atoms with Crippen LogP contribution in [0.2, 0.25) is 0 Å². The summed E-state index contributed by atoms with van der Waals surface area (Å²) >= 11 is 0. The zero-order chi connectivity index (χ0) is 23.8. The van der Waals surface area contributed by atoms with Crippen LogP contribution in [0.5, 0.6) is 5.75 Å². The molecule has 8 heteroatoms. The van der Waals surface area contributed by atoms with Crippen molar-refractivity contribution in [2.24, 2.45) is 4.99 Å². The van der Waals surface area contributed by atoms with Gasteiger partial charge in [0.05, 0.1) is 22.4 Å². The molecule has 0 saturated heterocycles. The molecule has 0 spiro atoms. The van der Waals surface area contributed by atoms with Crippen molar-refractivity contribution < 1.29 is 18.9 Å². The van der Waals surface area contributed by atoms with Gasteiger partial charge < -0.3 is 13.9 Å². The maximum atomic E-state index is 11.2. The molecule has 168 valence electrons. The lowest BCUT2D eigenvalue weighted by molar-refractivity contribution is -0.385. The molecule has 2 aromatic heterocycles. The monoisotopic (exact) mass is 453 g/mol. The van der Waals surface area contributed by atoms with Crippen molar-refractivity contribution in [2.75, 3.05) is 0 Å². The van der Waals surface area contributed by atoms with Crippen LogP contribution in [-0.2, 0) is 0 Å². The molecule has 2 heterocycles. The first-order chi connectivity index (χ1) is 16.4. The predicted molar refractivity (Wildman–Crippen MR) is 129 cm³/mol. The molecule has 5 aromatic rings. The Kier molecular flexibility index (Phi) is 5.18. The molecule has 0 aliphatic heterocycles. The lowest BCUT2D eigenvalue weighted by Crippen LogP contribution is -1.91. The molecule has 0 amide bonds. The van der Waals surface area contributed by atoms with Crippen molar-refractivity contribution in [1.29, 1.82) is 0 Å². The quantitative estimate of drug-likeness (QED) is 0.179. The van der Waals surface area contributed by atoms with Crippen LogP contribution in [0.3, 0.4) is 0 Å². The fraction of sp³-hybridized carbons (Fsp3) is 0.0769. The molecule has 5 rings (SSSR count). The maximum absolute atomic E-state index is 11.2. The van der Waals surface area contributed by atoms with Crippen LogP contribution < -0.4 is 0 Å². The van der Waals surface area contributed by atoms with Gasteiger partial charge in [-0.3, -0.25) is 15.1 Å². The Balaban J connectivity index is 1.42. The number of hydrogen-bond acceptors (Lipinski definition) is 7. The molecule has 0 aliphatic rings. The lowest BCUT2D eigenvalue weighted by atomic mass is 10.1. The number of fused-ring (bicyclic) bond motifs is 1. The van der Waals surface area contributed by atoms with E-state index in [1.807, 2.05) is 25.1 Å². The summed E-state index contributed by atoms with van der Waals surface area (Å²) in [5.74, 6) is 1.31. The maximum Gasteiger partial charge on any atom is 0.273 e. The van der Waals surface area contributed by atoms with Gasteiger partial charge in [0.15, 0.2) is 5.58 Å². The van der Waals surface area contributed by atoms with Gasteiger partial charge in [0.2, 0.25) is 5.89 Å². The minimum atomic E-state index is -0.412. The Hall–Kier alpha value is -4.72. The van der Waals surface area contributed by atoms with E-state index in [9.17, 15) is 15.2 Å². The molecular weight excluding hydrogens is 434 g/mol. The number of benzene rings is 3. The SMILES string of the molecule is Cc1ccc2oc(-c3cc(N=Cc4ccc(-c5ccc(C)c([N+](=O)[O-])c5)o4)ccc3O)nc2c1. The molecule has 34 heavy (non-hydrogen) atoms. The number of aliphatic imine (C=N–C) groups is 1. The van der Waals surface area contributed by atoms with E-state index in [-0.39, 0.29) is 11.4 Å². The standard InChI is InChI=1S/C26H19N3O5/c1-15-3-9-25-21(11-15)28-26(34-25)20-13-18(6-8-23(20)30)27-14-19-7-10-24(33-19)17-5-4-16(2)22(12-17)29(31)32/h3-14,30H,1-2H3. The first-order valence-corrected chi connectivity index (χ1v) is 10.5. The van der Waals surface area contributed by atoms with E-state index in [2.05, 4.69) is 9.98 Å². The summed E-state index contributed by atoms with van der Waals surface area (Å²) in [6.07, 6.45) is 1.54. The molecule has 0 atom stereocenters. The van der Waals surface area contributed by atoms with E-state index in [0.29, 0.717) is 50.9 Å². The molecular formula is C26H19N3O5. The molecule has 0 aliphatic carbocycles. The number of nitrogens with zero attached hydrogens (tertiary/aromatic N) is 3. The second-order valence-electron chi connectivity index (χ2n) is 7.91. The van der Waals surface area contributed by atoms with Crippen molar-refractivity contribution in [1.82, 2.24) is 4.98 Å². The lowest BCUT2D eigenvalue weighted by Gasteiger charge is -2.01. The molecule has 0 bridgehead atoms. The third-order valence-electron chi connectivity index (χ3n) is 5.41. The summed E-state index contributed by atoms with van der Waals surface area (Å²) in [4.78, 5) is 19.7. The minimum absolute atomic E-state index is 0.0310. The Morgan fingerprint density at radius 2 is 1.85 bits per heavy atom. The number of aryl methyl sites for hydroxylation is 2.